The number of hydrogen-bond acceptors (Lipinski definition) is 5. The molecule has 0 aliphatic rings. The smallest absolute Gasteiger partial charge is 0.349 e. The van der Waals surface area contributed by atoms with E-state index in [2.05, 4.69) is 0 Å². The fraction of sp³-hybridized carbons (Fsp3) is 0.158. The van der Waals surface area contributed by atoms with E-state index in [4.69, 9.17) is 15.2 Å². The zero-order chi connectivity index (χ0) is 18.1. The molecule has 0 aromatic heterocycles. The van der Waals surface area contributed by atoms with Gasteiger partial charge in [-0.05, 0) is 36.4 Å². The fourth-order valence-electron chi connectivity index (χ4n) is 2.00. The summed E-state index contributed by atoms with van der Waals surface area (Å²) in [5, 5.41) is 9.24. The molecule has 0 spiro atoms. The molecule has 0 amide bonds. The number of halogens is 1. The third-order valence-corrected chi connectivity index (χ3v) is 3.18. The number of ketones is 1. The van der Waals surface area contributed by atoms with Crippen molar-refractivity contribution in [3.63, 3.8) is 0 Å². The first-order valence-corrected chi connectivity index (χ1v) is 7.70. The van der Waals surface area contributed by atoms with Gasteiger partial charge in [0.1, 0.15) is 18.1 Å². The Balaban J connectivity index is 0.00000338. The van der Waals surface area contributed by atoms with Crippen LogP contribution in [0.5, 0.6) is 11.5 Å². The summed E-state index contributed by atoms with van der Waals surface area (Å²) in [4.78, 5) is 23.5. The van der Waals surface area contributed by atoms with Crippen molar-refractivity contribution < 1.29 is 24.2 Å². The first kappa shape index (κ1) is 21.2. The summed E-state index contributed by atoms with van der Waals surface area (Å²) >= 11 is 0. The van der Waals surface area contributed by atoms with Crippen molar-refractivity contribution in [1.82, 2.24) is 0 Å². The lowest BCUT2D eigenvalue weighted by Gasteiger charge is -2.11. The highest BCUT2D eigenvalue weighted by Gasteiger charge is 2.16. The maximum Gasteiger partial charge on any atom is 0.349 e. The van der Waals surface area contributed by atoms with Gasteiger partial charge in [-0.15, -0.1) is 12.4 Å². The van der Waals surface area contributed by atoms with E-state index in [0.29, 0.717) is 30.2 Å². The first-order chi connectivity index (χ1) is 12.1. The highest BCUT2D eigenvalue weighted by atomic mass is 35.5. The predicted octanol–water partition coefficient (Wildman–Crippen LogP) is 2.72. The van der Waals surface area contributed by atoms with Gasteiger partial charge < -0.3 is 20.3 Å². The van der Waals surface area contributed by atoms with Gasteiger partial charge in [-0.25, -0.2) is 4.79 Å². The van der Waals surface area contributed by atoms with Gasteiger partial charge in [0.15, 0.2) is 5.78 Å². The summed E-state index contributed by atoms with van der Waals surface area (Å²) in [5.41, 5.74) is 5.76. The number of carbonyl (C=O) groups excluding carboxylic acids is 1. The summed E-state index contributed by atoms with van der Waals surface area (Å²) in [7, 11) is 0. The summed E-state index contributed by atoms with van der Waals surface area (Å²) in [6.07, 6.45) is 1.14. The zero-order valence-electron chi connectivity index (χ0n) is 13.9. The fourth-order valence-corrected chi connectivity index (χ4v) is 2.00. The summed E-state index contributed by atoms with van der Waals surface area (Å²) in [6, 6.07) is 15.1. The number of carboxylic acids is 1. The Morgan fingerprint density at radius 1 is 1.08 bits per heavy atom. The number of rotatable bonds is 9. The summed E-state index contributed by atoms with van der Waals surface area (Å²) in [5.74, 6) is -0.599. The number of allylic oxidation sites excluding steroid dienone is 1. The van der Waals surface area contributed by atoms with Gasteiger partial charge in [-0.2, -0.15) is 0 Å². The summed E-state index contributed by atoms with van der Waals surface area (Å²) in [6.45, 7) is 0.717. The molecule has 2 aromatic carbocycles. The molecule has 0 heterocycles. The van der Waals surface area contributed by atoms with Crippen LogP contribution in [0, 0.1) is 0 Å². The molecule has 0 bridgehead atoms. The van der Waals surface area contributed by atoms with E-state index in [1.54, 1.807) is 54.6 Å². The van der Waals surface area contributed by atoms with Crippen LogP contribution < -0.4 is 15.2 Å². The van der Waals surface area contributed by atoms with Gasteiger partial charge in [-0.1, -0.05) is 30.3 Å². The van der Waals surface area contributed by atoms with Crippen molar-refractivity contribution >= 4 is 24.2 Å². The number of carbonyl (C=O) groups is 2. The molecule has 7 heteroatoms. The lowest BCUT2D eigenvalue weighted by Crippen LogP contribution is -2.24. The van der Waals surface area contributed by atoms with Crippen molar-refractivity contribution in [2.45, 2.75) is 6.10 Å². The van der Waals surface area contributed by atoms with E-state index in [-0.39, 0.29) is 18.2 Å². The molecular weight excluding hydrogens is 358 g/mol. The third kappa shape index (κ3) is 6.58. The molecule has 26 heavy (non-hydrogen) atoms. The quantitative estimate of drug-likeness (QED) is 0.515. The van der Waals surface area contributed by atoms with Crippen LogP contribution in [-0.2, 0) is 4.79 Å². The standard InChI is InChI=1S/C19H19NO5.ClH/c20-11-12-24-16-8-4-5-14(13-16)17(21)9-10-18(19(22)23)25-15-6-2-1-3-7-15;/h1-10,13,18H,11-12,20H2,(H,22,23);1H. The SMILES string of the molecule is Cl.NCCOc1cccc(C(=O)C=CC(Oc2ccccc2)C(=O)O)c1. The molecule has 0 saturated heterocycles. The van der Waals surface area contributed by atoms with Crippen molar-refractivity contribution in [2.75, 3.05) is 13.2 Å². The first-order valence-electron chi connectivity index (χ1n) is 7.70. The number of carboxylic acid groups (broad SMARTS) is 1. The highest BCUT2D eigenvalue weighted by molar-refractivity contribution is 6.05. The molecule has 0 aliphatic carbocycles. The van der Waals surface area contributed by atoms with Crippen LogP contribution in [0.1, 0.15) is 10.4 Å². The molecule has 0 radical (unpaired) electrons. The van der Waals surface area contributed by atoms with Crippen LogP contribution in [0.15, 0.2) is 66.7 Å². The average Bonchev–Trinajstić information content (AvgIpc) is 2.64. The molecule has 0 aliphatic heterocycles. The van der Waals surface area contributed by atoms with Crippen molar-refractivity contribution in [2.24, 2.45) is 5.73 Å². The third-order valence-electron chi connectivity index (χ3n) is 3.18. The van der Waals surface area contributed by atoms with Crippen molar-refractivity contribution in [1.29, 1.82) is 0 Å². The minimum Gasteiger partial charge on any atom is -0.492 e. The van der Waals surface area contributed by atoms with Crippen LogP contribution in [-0.4, -0.2) is 36.1 Å². The van der Waals surface area contributed by atoms with E-state index < -0.39 is 12.1 Å². The Bertz CT molecular complexity index is 749. The number of benzene rings is 2. The normalized spacial score (nSPS) is 11.4. The summed E-state index contributed by atoms with van der Waals surface area (Å²) < 4.78 is 10.7. The molecule has 1 atom stereocenters. The van der Waals surface area contributed by atoms with E-state index in [1.165, 1.54) is 12.2 Å². The maximum atomic E-state index is 12.2. The molecule has 0 saturated carbocycles. The Hall–Kier alpha value is -2.83. The van der Waals surface area contributed by atoms with Crippen LogP contribution >= 0.6 is 12.4 Å². The highest BCUT2D eigenvalue weighted by Crippen LogP contribution is 2.15. The number of para-hydroxylation sites is 1. The van der Waals surface area contributed by atoms with Gasteiger partial charge in [0.25, 0.3) is 0 Å². The van der Waals surface area contributed by atoms with Gasteiger partial charge in [-0.3, -0.25) is 4.79 Å². The zero-order valence-corrected chi connectivity index (χ0v) is 14.7. The minimum absolute atomic E-state index is 0. The van der Waals surface area contributed by atoms with E-state index in [9.17, 15) is 14.7 Å². The molecule has 0 fully saturated rings. The van der Waals surface area contributed by atoms with Crippen LogP contribution in [0.4, 0.5) is 0 Å². The van der Waals surface area contributed by atoms with Gasteiger partial charge in [0, 0.05) is 12.1 Å². The number of nitrogens with two attached hydrogens (primary N) is 1. The molecule has 1 unspecified atom stereocenters. The lowest BCUT2D eigenvalue weighted by molar-refractivity contribution is -0.142. The van der Waals surface area contributed by atoms with Gasteiger partial charge in [0.05, 0.1) is 0 Å². The minimum atomic E-state index is -1.26. The van der Waals surface area contributed by atoms with Crippen molar-refractivity contribution in [3.8, 4) is 11.5 Å². The van der Waals surface area contributed by atoms with Gasteiger partial charge in [0.2, 0.25) is 6.10 Å². The topological polar surface area (TPSA) is 98.9 Å². The lowest BCUT2D eigenvalue weighted by atomic mass is 10.1. The number of aliphatic carboxylic acids is 1. The maximum absolute atomic E-state index is 12.2. The number of hydrogen-bond donors (Lipinski definition) is 2. The Morgan fingerprint density at radius 3 is 2.42 bits per heavy atom. The van der Waals surface area contributed by atoms with Crippen LogP contribution in [0.25, 0.3) is 0 Å². The Kier molecular flexibility index (Phi) is 8.91. The molecule has 2 aromatic rings. The Morgan fingerprint density at radius 2 is 1.77 bits per heavy atom. The molecule has 3 N–H and O–H groups in total. The second kappa shape index (κ2) is 10.9. The van der Waals surface area contributed by atoms with Crippen molar-refractivity contribution in [3.05, 3.63) is 72.3 Å². The molecular formula is C19H20ClNO5. The second-order valence-electron chi connectivity index (χ2n) is 5.08. The van der Waals surface area contributed by atoms with Gasteiger partial charge >= 0.3 is 5.97 Å². The van der Waals surface area contributed by atoms with Crippen LogP contribution in [0.3, 0.4) is 0 Å². The predicted molar refractivity (Wildman–Crippen MR) is 100 cm³/mol. The van der Waals surface area contributed by atoms with E-state index in [1.807, 2.05) is 0 Å². The van der Waals surface area contributed by atoms with Crippen LogP contribution in [0.2, 0.25) is 0 Å². The molecule has 138 valence electrons. The Labute approximate surface area is 157 Å². The van der Waals surface area contributed by atoms with E-state index >= 15 is 0 Å². The molecule has 2 rings (SSSR count). The second-order valence-corrected chi connectivity index (χ2v) is 5.08. The monoisotopic (exact) mass is 377 g/mol. The van der Waals surface area contributed by atoms with E-state index in [0.717, 1.165) is 0 Å². The molecule has 6 nitrogen and oxygen atoms in total. The largest absolute Gasteiger partial charge is 0.492 e. The average molecular weight is 378 g/mol. The number of ether oxygens (including phenoxy) is 2.